The Kier molecular flexibility index (Phi) is 5.99. The highest BCUT2D eigenvalue weighted by Crippen LogP contribution is 2.32. The number of hydrogen-bond acceptors (Lipinski definition) is 4. The maximum absolute atomic E-state index is 12.8. The Morgan fingerprint density at radius 2 is 1.81 bits per heavy atom. The van der Waals surface area contributed by atoms with Gasteiger partial charge in [0.2, 0.25) is 11.8 Å². The van der Waals surface area contributed by atoms with Crippen LogP contribution in [0.2, 0.25) is 0 Å². The number of aryl methyl sites for hydroxylation is 3. The molecule has 4 rings (SSSR count). The minimum atomic E-state index is 0.223. The van der Waals surface area contributed by atoms with Crippen LogP contribution in [0, 0.1) is 26.7 Å². The molecule has 1 amide bonds. The van der Waals surface area contributed by atoms with Gasteiger partial charge in [0.25, 0.3) is 0 Å². The van der Waals surface area contributed by atoms with Crippen LogP contribution in [0.5, 0.6) is 5.88 Å². The zero-order chi connectivity index (χ0) is 22.1. The average molecular weight is 421 g/mol. The van der Waals surface area contributed by atoms with Gasteiger partial charge in [0, 0.05) is 30.5 Å². The summed E-state index contributed by atoms with van der Waals surface area (Å²) in [6.45, 7) is 10.2. The molecule has 1 aromatic carbocycles. The van der Waals surface area contributed by atoms with Gasteiger partial charge < -0.3 is 9.64 Å². The number of fused-ring (bicyclic) bond motifs is 1. The fourth-order valence-electron chi connectivity index (χ4n) is 4.51. The summed E-state index contributed by atoms with van der Waals surface area (Å²) in [6, 6.07) is 8.25. The molecule has 3 heterocycles. The van der Waals surface area contributed by atoms with Crippen molar-refractivity contribution in [3.63, 3.8) is 0 Å². The number of aromatic nitrogens is 3. The second-order valence-electron chi connectivity index (χ2n) is 8.82. The Balaban J connectivity index is 1.65. The van der Waals surface area contributed by atoms with Crippen molar-refractivity contribution in [3.8, 4) is 11.6 Å². The number of carbonyl (C=O) groups excluding carboxylic acids is 1. The monoisotopic (exact) mass is 420 g/mol. The first kappa shape index (κ1) is 21.3. The molecule has 1 aliphatic rings. The minimum absolute atomic E-state index is 0.223. The van der Waals surface area contributed by atoms with E-state index in [0.717, 1.165) is 59.5 Å². The highest BCUT2D eigenvalue weighted by Gasteiger charge is 2.23. The van der Waals surface area contributed by atoms with Crippen LogP contribution < -0.4 is 4.74 Å². The van der Waals surface area contributed by atoms with Gasteiger partial charge in [-0.05, 0) is 63.6 Å². The van der Waals surface area contributed by atoms with Gasteiger partial charge in [-0.1, -0.05) is 24.6 Å². The van der Waals surface area contributed by atoms with Gasteiger partial charge in [0.1, 0.15) is 0 Å². The molecule has 6 nitrogen and oxygen atoms in total. The number of methoxy groups -OCH3 is 1. The number of piperidine rings is 1. The summed E-state index contributed by atoms with van der Waals surface area (Å²) in [7, 11) is 1.64. The van der Waals surface area contributed by atoms with E-state index in [-0.39, 0.29) is 5.91 Å². The number of benzene rings is 1. The van der Waals surface area contributed by atoms with E-state index in [1.807, 2.05) is 16.5 Å². The zero-order valence-corrected chi connectivity index (χ0v) is 19.2. The molecule has 0 N–H and O–H groups in total. The maximum atomic E-state index is 12.8. The highest BCUT2D eigenvalue weighted by atomic mass is 16.5. The lowest BCUT2D eigenvalue weighted by Gasteiger charge is -2.30. The second kappa shape index (κ2) is 8.69. The molecular weight excluding hydrogens is 388 g/mol. The predicted octanol–water partition coefficient (Wildman–Crippen LogP) is 4.55. The molecule has 1 fully saturated rings. The van der Waals surface area contributed by atoms with E-state index < -0.39 is 0 Å². The number of amides is 1. The Labute approximate surface area is 184 Å². The van der Waals surface area contributed by atoms with Gasteiger partial charge in [0.15, 0.2) is 5.65 Å². The quantitative estimate of drug-likeness (QED) is 0.608. The summed E-state index contributed by atoms with van der Waals surface area (Å²) >= 11 is 0. The van der Waals surface area contributed by atoms with E-state index >= 15 is 0 Å². The van der Waals surface area contributed by atoms with Crippen molar-refractivity contribution in [3.05, 3.63) is 46.6 Å². The number of pyridine rings is 1. The van der Waals surface area contributed by atoms with Gasteiger partial charge in [-0.2, -0.15) is 10.1 Å². The maximum Gasteiger partial charge on any atom is 0.222 e. The van der Waals surface area contributed by atoms with E-state index in [0.29, 0.717) is 24.6 Å². The van der Waals surface area contributed by atoms with Gasteiger partial charge in [-0.3, -0.25) is 4.79 Å². The SMILES string of the molecule is COc1nc2c(c(C)nn2-c2ccc(C)cc2)c(C)c1CCC(=O)N1CCC(C)CC1. The van der Waals surface area contributed by atoms with Crippen molar-refractivity contribution in [2.24, 2.45) is 5.92 Å². The topological polar surface area (TPSA) is 60.3 Å². The fourth-order valence-corrected chi connectivity index (χ4v) is 4.51. The normalized spacial score (nSPS) is 14.9. The van der Waals surface area contributed by atoms with Crippen molar-refractivity contribution >= 4 is 16.9 Å². The summed E-state index contributed by atoms with van der Waals surface area (Å²) in [5, 5.41) is 5.80. The van der Waals surface area contributed by atoms with Crippen LogP contribution in [-0.4, -0.2) is 45.8 Å². The van der Waals surface area contributed by atoms with Crippen LogP contribution in [0.15, 0.2) is 24.3 Å². The number of hydrogen-bond donors (Lipinski definition) is 0. The molecule has 0 saturated carbocycles. The fraction of sp³-hybridized carbons (Fsp3) is 0.480. The Morgan fingerprint density at radius 1 is 1.13 bits per heavy atom. The summed E-state index contributed by atoms with van der Waals surface area (Å²) in [4.78, 5) is 19.6. The summed E-state index contributed by atoms with van der Waals surface area (Å²) in [5.41, 5.74) is 5.99. The highest BCUT2D eigenvalue weighted by molar-refractivity contribution is 5.86. The molecule has 3 aromatic rings. The summed E-state index contributed by atoms with van der Waals surface area (Å²) in [5.74, 6) is 1.52. The molecule has 164 valence electrons. The summed E-state index contributed by atoms with van der Waals surface area (Å²) in [6.07, 6.45) is 3.29. The molecule has 0 spiro atoms. The van der Waals surface area contributed by atoms with Gasteiger partial charge in [0.05, 0.1) is 18.5 Å². The van der Waals surface area contributed by atoms with Crippen molar-refractivity contribution in [2.75, 3.05) is 20.2 Å². The third kappa shape index (κ3) is 4.16. The number of likely N-dealkylation sites (tertiary alicyclic amines) is 1. The molecule has 2 aromatic heterocycles. The molecule has 0 unspecified atom stereocenters. The smallest absolute Gasteiger partial charge is 0.222 e. The van der Waals surface area contributed by atoms with Crippen LogP contribution >= 0.6 is 0 Å². The van der Waals surface area contributed by atoms with Gasteiger partial charge >= 0.3 is 0 Å². The number of nitrogens with zero attached hydrogens (tertiary/aromatic N) is 4. The van der Waals surface area contributed by atoms with Crippen molar-refractivity contribution in [1.29, 1.82) is 0 Å². The summed E-state index contributed by atoms with van der Waals surface area (Å²) < 4.78 is 7.55. The molecule has 0 aliphatic carbocycles. The zero-order valence-electron chi connectivity index (χ0n) is 19.2. The average Bonchev–Trinajstić information content (AvgIpc) is 3.10. The predicted molar refractivity (Wildman–Crippen MR) is 123 cm³/mol. The van der Waals surface area contributed by atoms with Crippen molar-refractivity contribution < 1.29 is 9.53 Å². The standard InChI is InChI=1S/C25H32N4O2/c1-16-6-8-20(9-7-16)29-24-23(19(4)27-29)18(3)21(25(26-24)31-5)10-11-22(30)28-14-12-17(2)13-15-28/h6-9,17H,10-15H2,1-5H3. The van der Waals surface area contributed by atoms with E-state index in [2.05, 4.69) is 45.0 Å². The molecule has 6 heteroatoms. The van der Waals surface area contributed by atoms with Crippen LogP contribution in [0.1, 0.15) is 48.6 Å². The lowest BCUT2D eigenvalue weighted by atomic mass is 9.98. The molecule has 0 atom stereocenters. The van der Waals surface area contributed by atoms with E-state index in [1.54, 1.807) is 7.11 Å². The van der Waals surface area contributed by atoms with E-state index in [1.165, 1.54) is 5.56 Å². The Hall–Kier alpha value is -2.89. The third-order valence-electron chi connectivity index (χ3n) is 6.53. The Morgan fingerprint density at radius 3 is 2.45 bits per heavy atom. The van der Waals surface area contributed by atoms with Gasteiger partial charge in [-0.25, -0.2) is 4.68 Å². The van der Waals surface area contributed by atoms with Crippen molar-refractivity contribution in [2.45, 2.75) is 53.4 Å². The number of ether oxygens (including phenoxy) is 1. The van der Waals surface area contributed by atoms with E-state index in [9.17, 15) is 4.79 Å². The van der Waals surface area contributed by atoms with Crippen LogP contribution in [0.4, 0.5) is 0 Å². The van der Waals surface area contributed by atoms with Crippen LogP contribution in [0.25, 0.3) is 16.7 Å². The molecular formula is C25H32N4O2. The molecule has 31 heavy (non-hydrogen) atoms. The lowest BCUT2D eigenvalue weighted by Crippen LogP contribution is -2.38. The number of carbonyl (C=O) groups is 1. The first-order valence-corrected chi connectivity index (χ1v) is 11.2. The number of rotatable bonds is 5. The first-order valence-electron chi connectivity index (χ1n) is 11.2. The van der Waals surface area contributed by atoms with Crippen LogP contribution in [-0.2, 0) is 11.2 Å². The largest absolute Gasteiger partial charge is 0.481 e. The third-order valence-corrected chi connectivity index (χ3v) is 6.53. The first-order chi connectivity index (χ1) is 14.9. The Bertz CT molecular complexity index is 1090. The van der Waals surface area contributed by atoms with E-state index in [4.69, 9.17) is 14.8 Å². The van der Waals surface area contributed by atoms with Crippen molar-refractivity contribution in [1.82, 2.24) is 19.7 Å². The van der Waals surface area contributed by atoms with Gasteiger partial charge in [-0.15, -0.1) is 0 Å². The molecule has 1 aliphatic heterocycles. The molecule has 0 radical (unpaired) electrons. The minimum Gasteiger partial charge on any atom is -0.481 e. The molecule has 1 saturated heterocycles. The second-order valence-corrected chi connectivity index (χ2v) is 8.82. The molecule has 0 bridgehead atoms. The van der Waals surface area contributed by atoms with Crippen LogP contribution in [0.3, 0.4) is 0 Å². The lowest BCUT2D eigenvalue weighted by molar-refractivity contribution is -0.132.